The third-order valence-electron chi connectivity index (χ3n) is 3.46. The first-order valence-electron chi connectivity index (χ1n) is 6.34. The predicted octanol–water partition coefficient (Wildman–Crippen LogP) is 4.38. The van der Waals surface area contributed by atoms with Gasteiger partial charge < -0.3 is 4.98 Å². The van der Waals surface area contributed by atoms with E-state index in [1.165, 1.54) is 16.2 Å². The van der Waals surface area contributed by atoms with Crippen molar-refractivity contribution in [2.24, 2.45) is 0 Å². The zero-order chi connectivity index (χ0) is 12.7. The zero-order valence-corrected chi connectivity index (χ0v) is 10.3. The summed E-state index contributed by atoms with van der Waals surface area (Å²) in [4.78, 5) is 8.07. The van der Waals surface area contributed by atoms with Crippen LogP contribution in [0.2, 0.25) is 0 Å². The molecule has 0 fully saturated rings. The van der Waals surface area contributed by atoms with Gasteiger partial charge in [0.05, 0.1) is 16.9 Å². The maximum absolute atomic E-state index is 4.74. The molecule has 4 rings (SSSR count). The van der Waals surface area contributed by atoms with Crippen molar-refractivity contribution in [1.29, 1.82) is 0 Å². The van der Waals surface area contributed by atoms with Gasteiger partial charge >= 0.3 is 0 Å². The monoisotopic (exact) mass is 244 g/mol. The summed E-state index contributed by atoms with van der Waals surface area (Å²) in [5, 5.41) is 3.60. The minimum Gasteiger partial charge on any atom is -0.359 e. The van der Waals surface area contributed by atoms with Gasteiger partial charge in [-0.2, -0.15) is 0 Å². The van der Waals surface area contributed by atoms with E-state index in [0.29, 0.717) is 0 Å². The van der Waals surface area contributed by atoms with Crippen LogP contribution < -0.4 is 0 Å². The van der Waals surface area contributed by atoms with Crippen molar-refractivity contribution < 1.29 is 0 Å². The summed E-state index contributed by atoms with van der Waals surface area (Å²) in [6.07, 6.45) is 2.03. The summed E-state index contributed by atoms with van der Waals surface area (Å²) in [7, 11) is 0. The van der Waals surface area contributed by atoms with Crippen LogP contribution in [0.5, 0.6) is 0 Å². The highest BCUT2D eigenvalue weighted by molar-refractivity contribution is 5.95. The van der Waals surface area contributed by atoms with Gasteiger partial charge in [-0.1, -0.05) is 48.5 Å². The maximum Gasteiger partial charge on any atom is 0.0878 e. The summed E-state index contributed by atoms with van der Waals surface area (Å²) in [5.41, 5.74) is 3.10. The molecule has 0 saturated carbocycles. The predicted molar refractivity (Wildman–Crippen MR) is 79.0 cm³/mol. The van der Waals surface area contributed by atoms with E-state index in [2.05, 4.69) is 41.4 Å². The zero-order valence-electron chi connectivity index (χ0n) is 10.3. The third-order valence-corrected chi connectivity index (χ3v) is 3.46. The van der Waals surface area contributed by atoms with E-state index >= 15 is 0 Å². The molecule has 0 aliphatic carbocycles. The topological polar surface area (TPSA) is 28.7 Å². The smallest absolute Gasteiger partial charge is 0.0878 e. The second-order valence-corrected chi connectivity index (χ2v) is 4.64. The van der Waals surface area contributed by atoms with Crippen molar-refractivity contribution >= 4 is 21.7 Å². The van der Waals surface area contributed by atoms with Crippen LogP contribution in [0.1, 0.15) is 0 Å². The van der Waals surface area contributed by atoms with Crippen LogP contribution in [-0.4, -0.2) is 9.97 Å². The van der Waals surface area contributed by atoms with E-state index in [1.807, 2.05) is 30.5 Å². The Morgan fingerprint density at radius 3 is 2.47 bits per heavy atom. The molecule has 2 heterocycles. The van der Waals surface area contributed by atoms with E-state index < -0.39 is 0 Å². The summed E-state index contributed by atoms with van der Waals surface area (Å²) in [6.45, 7) is 0. The van der Waals surface area contributed by atoms with Gasteiger partial charge in [-0.05, 0) is 17.5 Å². The van der Waals surface area contributed by atoms with E-state index in [0.717, 1.165) is 16.9 Å². The SMILES string of the molecule is c1ccc2nc(-c3[nH]cc4ccccc34)ccc2c1. The number of H-pyrrole nitrogens is 1. The first-order chi connectivity index (χ1) is 9.42. The molecule has 90 valence electrons. The quantitative estimate of drug-likeness (QED) is 0.528. The fourth-order valence-corrected chi connectivity index (χ4v) is 2.50. The lowest BCUT2D eigenvalue weighted by molar-refractivity contribution is 1.33. The molecule has 19 heavy (non-hydrogen) atoms. The molecule has 2 aromatic heterocycles. The first-order valence-corrected chi connectivity index (χ1v) is 6.34. The second-order valence-electron chi connectivity index (χ2n) is 4.64. The van der Waals surface area contributed by atoms with Crippen molar-refractivity contribution in [3.8, 4) is 11.4 Å². The van der Waals surface area contributed by atoms with Gasteiger partial charge in [-0.25, -0.2) is 4.98 Å². The van der Waals surface area contributed by atoms with Crippen LogP contribution in [0.25, 0.3) is 33.1 Å². The minimum atomic E-state index is 0.986. The van der Waals surface area contributed by atoms with Crippen molar-refractivity contribution in [2.45, 2.75) is 0 Å². The van der Waals surface area contributed by atoms with Crippen molar-refractivity contribution in [3.05, 3.63) is 66.9 Å². The largest absolute Gasteiger partial charge is 0.359 e. The molecule has 0 atom stereocenters. The lowest BCUT2D eigenvalue weighted by Crippen LogP contribution is -1.85. The average Bonchev–Trinajstić information content (AvgIpc) is 2.91. The Hall–Kier alpha value is -2.61. The van der Waals surface area contributed by atoms with E-state index in [4.69, 9.17) is 4.98 Å². The molecule has 0 radical (unpaired) electrons. The molecule has 0 aliphatic heterocycles. The minimum absolute atomic E-state index is 0.986. The number of nitrogens with one attached hydrogen (secondary N) is 1. The van der Waals surface area contributed by atoms with Crippen LogP contribution in [0, 0.1) is 0 Å². The van der Waals surface area contributed by atoms with E-state index in [1.54, 1.807) is 0 Å². The van der Waals surface area contributed by atoms with Gasteiger partial charge in [-0.15, -0.1) is 0 Å². The number of hydrogen-bond acceptors (Lipinski definition) is 1. The molecule has 2 aromatic carbocycles. The molecule has 0 unspecified atom stereocenters. The average molecular weight is 244 g/mol. The molecule has 0 bridgehead atoms. The molecule has 2 nitrogen and oxygen atoms in total. The van der Waals surface area contributed by atoms with E-state index in [9.17, 15) is 0 Å². The Morgan fingerprint density at radius 2 is 1.53 bits per heavy atom. The summed E-state index contributed by atoms with van der Waals surface area (Å²) >= 11 is 0. The molecule has 1 N–H and O–H groups in total. The third kappa shape index (κ3) is 1.61. The molecule has 2 heteroatoms. The van der Waals surface area contributed by atoms with Gasteiger partial charge in [0.15, 0.2) is 0 Å². The number of rotatable bonds is 1. The molecule has 0 amide bonds. The Kier molecular flexibility index (Phi) is 2.15. The van der Waals surface area contributed by atoms with Crippen molar-refractivity contribution in [1.82, 2.24) is 9.97 Å². The van der Waals surface area contributed by atoms with Crippen LogP contribution >= 0.6 is 0 Å². The highest BCUT2D eigenvalue weighted by atomic mass is 14.8. The number of fused-ring (bicyclic) bond motifs is 2. The highest BCUT2D eigenvalue weighted by Crippen LogP contribution is 2.27. The fraction of sp³-hybridized carbons (Fsp3) is 0. The van der Waals surface area contributed by atoms with Crippen molar-refractivity contribution in [2.75, 3.05) is 0 Å². The van der Waals surface area contributed by atoms with Gasteiger partial charge in [-0.3, -0.25) is 0 Å². The Balaban J connectivity index is 1.99. The van der Waals surface area contributed by atoms with Crippen molar-refractivity contribution in [3.63, 3.8) is 0 Å². The molecular weight excluding hydrogens is 232 g/mol. The number of pyridine rings is 1. The standard InChI is InChI=1S/C17H12N2/c1-3-7-14-13(6-1)11-18-17(14)16-10-9-12-5-2-4-8-15(12)19-16/h1-11,18H. The van der Waals surface area contributed by atoms with Crippen LogP contribution in [-0.2, 0) is 0 Å². The highest BCUT2D eigenvalue weighted by Gasteiger charge is 2.07. The first kappa shape index (κ1) is 10.3. The molecule has 0 spiro atoms. The lowest BCUT2D eigenvalue weighted by Gasteiger charge is -2.02. The van der Waals surface area contributed by atoms with Gasteiger partial charge in [0.2, 0.25) is 0 Å². The van der Waals surface area contributed by atoms with E-state index in [-0.39, 0.29) is 0 Å². The number of aromatic nitrogens is 2. The Labute approximate surface area is 110 Å². The number of benzene rings is 2. The Bertz CT molecular complexity index is 874. The molecular formula is C17H12N2. The summed E-state index contributed by atoms with van der Waals surface area (Å²) in [6, 6.07) is 20.7. The second kappa shape index (κ2) is 3.95. The van der Waals surface area contributed by atoms with Crippen LogP contribution in [0.3, 0.4) is 0 Å². The van der Waals surface area contributed by atoms with Gasteiger partial charge in [0, 0.05) is 17.0 Å². The summed E-state index contributed by atoms with van der Waals surface area (Å²) < 4.78 is 0. The van der Waals surface area contributed by atoms with Gasteiger partial charge in [0.25, 0.3) is 0 Å². The number of aromatic amines is 1. The molecule has 0 aliphatic rings. The Morgan fingerprint density at radius 1 is 0.737 bits per heavy atom. The van der Waals surface area contributed by atoms with Crippen LogP contribution in [0.15, 0.2) is 66.9 Å². The van der Waals surface area contributed by atoms with Crippen LogP contribution in [0.4, 0.5) is 0 Å². The van der Waals surface area contributed by atoms with Gasteiger partial charge in [0.1, 0.15) is 0 Å². The molecule has 4 aromatic rings. The number of hydrogen-bond donors (Lipinski definition) is 1. The lowest BCUT2D eigenvalue weighted by atomic mass is 10.1. The normalized spacial score (nSPS) is 11.2. The number of nitrogens with zero attached hydrogens (tertiary/aromatic N) is 1. The fourth-order valence-electron chi connectivity index (χ4n) is 2.50. The maximum atomic E-state index is 4.74. The molecule has 0 saturated heterocycles. The number of para-hydroxylation sites is 1. The summed E-state index contributed by atoms with van der Waals surface area (Å²) in [5.74, 6) is 0.